The zero-order valence-corrected chi connectivity index (χ0v) is 21.7. The van der Waals surface area contributed by atoms with Gasteiger partial charge < -0.3 is 14.8 Å². The number of carbonyl (C=O) groups is 2. The molecule has 4 rings (SSSR count). The molecule has 3 aromatic carbocycles. The number of aryl methyl sites for hydroxylation is 1. The lowest BCUT2D eigenvalue weighted by atomic mass is 10.1. The lowest BCUT2D eigenvalue weighted by Gasteiger charge is -2.32. The number of hydrogen-bond acceptors (Lipinski definition) is 6. The number of carbonyl (C=O) groups excluding carboxylic acids is 2. The van der Waals surface area contributed by atoms with Gasteiger partial charge in [-0.05, 0) is 54.4 Å². The topological polar surface area (TPSA) is 80.2 Å². The molecule has 1 aliphatic rings. The Morgan fingerprint density at radius 2 is 1.83 bits per heavy atom. The number of anilines is 1. The van der Waals surface area contributed by atoms with E-state index in [4.69, 9.17) is 26.1 Å². The lowest BCUT2D eigenvalue weighted by molar-refractivity contribution is -0.129. The number of halogens is 1. The molecular formula is C27H26ClN3O4S. The highest BCUT2D eigenvalue weighted by atomic mass is 35.5. The molecule has 0 radical (unpaired) electrons. The third-order valence-electron chi connectivity index (χ3n) is 5.64. The molecule has 1 aliphatic heterocycles. The first-order chi connectivity index (χ1) is 17.4. The molecule has 0 saturated carbocycles. The van der Waals surface area contributed by atoms with Crippen LogP contribution in [0, 0.1) is 6.92 Å². The van der Waals surface area contributed by atoms with Gasteiger partial charge in [0.15, 0.2) is 16.7 Å². The maximum Gasteiger partial charge on any atom is 0.238 e. The number of methoxy groups -OCH3 is 2. The molecule has 1 saturated heterocycles. The Labute approximate surface area is 219 Å². The highest BCUT2D eigenvalue weighted by molar-refractivity contribution is 8.15. The van der Waals surface area contributed by atoms with Crippen molar-refractivity contribution in [1.82, 2.24) is 4.90 Å². The van der Waals surface area contributed by atoms with Gasteiger partial charge in [0.2, 0.25) is 11.8 Å². The zero-order valence-electron chi connectivity index (χ0n) is 20.2. The van der Waals surface area contributed by atoms with Gasteiger partial charge in [-0.3, -0.25) is 14.5 Å². The fourth-order valence-corrected chi connectivity index (χ4v) is 4.94. The summed E-state index contributed by atoms with van der Waals surface area (Å²) in [7, 11) is 3.14. The average Bonchev–Trinajstić information content (AvgIpc) is 2.88. The number of aliphatic imine (C=N–C) groups is 1. The highest BCUT2D eigenvalue weighted by Gasteiger charge is 2.36. The monoisotopic (exact) mass is 523 g/mol. The lowest BCUT2D eigenvalue weighted by Crippen LogP contribution is -2.44. The molecule has 1 N–H and O–H groups in total. The van der Waals surface area contributed by atoms with Crippen molar-refractivity contribution in [2.45, 2.75) is 25.1 Å². The van der Waals surface area contributed by atoms with Gasteiger partial charge in [0, 0.05) is 17.1 Å². The summed E-state index contributed by atoms with van der Waals surface area (Å²) in [5.41, 5.74) is 3.04. The molecule has 0 spiro atoms. The second-order valence-electron chi connectivity index (χ2n) is 8.16. The van der Waals surface area contributed by atoms with E-state index in [0.29, 0.717) is 33.1 Å². The SMILES string of the molecule is COc1ccc(CN2C(=O)CC(C(=O)Nc3ccc(C)c(Cl)c3)SC2=Nc2ccccc2)cc1OC. The van der Waals surface area contributed by atoms with E-state index in [9.17, 15) is 9.59 Å². The summed E-state index contributed by atoms with van der Waals surface area (Å²) in [5.74, 6) is 0.703. The Hall–Kier alpha value is -3.49. The molecular weight excluding hydrogens is 498 g/mol. The van der Waals surface area contributed by atoms with E-state index in [1.54, 1.807) is 37.3 Å². The van der Waals surface area contributed by atoms with Crippen molar-refractivity contribution in [2.75, 3.05) is 19.5 Å². The van der Waals surface area contributed by atoms with E-state index < -0.39 is 5.25 Å². The van der Waals surface area contributed by atoms with Crippen LogP contribution in [0.25, 0.3) is 0 Å². The number of ether oxygens (including phenoxy) is 2. The van der Waals surface area contributed by atoms with Crippen molar-refractivity contribution >= 4 is 51.7 Å². The number of nitrogens with one attached hydrogen (secondary N) is 1. The molecule has 3 aromatic rings. The predicted octanol–water partition coefficient (Wildman–Crippen LogP) is 5.83. The minimum atomic E-state index is -0.637. The Morgan fingerprint density at radius 3 is 2.53 bits per heavy atom. The van der Waals surface area contributed by atoms with Crippen molar-refractivity contribution in [1.29, 1.82) is 0 Å². The quantitative estimate of drug-likeness (QED) is 0.421. The first kappa shape index (κ1) is 25.6. The standard InChI is InChI=1S/C27H26ClN3O4S/c1-17-9-11-20(14-21(17)28)29-26(33)24-15-25(32)31(27(36-24)30-19-7-5-4-6-8-19)16-18-10-12-22(34-2)23(13-18)35-3/h4-14,24H,15-16H2,1-3H3,(H,29,33). The normalized spacial score (nSPS) is 16.7. The number of rotatable bonds is 7. The van der Waals surface area contributed by atoms with E-state index in [-0.39, 0.29) is 24.8 Å². The molecule has 186 valence electrons. The summed E-state index contributed by atoms with van der Waals surface area (Å²) in [6, 6.07) is 20.2. The van der Waals surface area contributed by atoms with Crippen LogP contribution < -0.4 is 14.8 Å². The molecule has 0 aliphatic carbocycles. The Morgan fingerprint density at radius 1 is 1.08 bits per heavy atom. The number of thioether (sulfide) groups is 1. The van der Waals surface area contributed by atoms with Gasteiger partial charge in [-0.1, -0.05) is 53.7 Å². The van der Waals surface area contributed by atoms with Crippen LogP contribution in [0.5, 0.6) is 11.5 Å². The molecule has 2 amide bonds. The number of amidine groups is 1. The summed E-state index contributed by atoms with van der Waals surface area (Å²) in [6.07, 6.45) is 0.0389. The van der Waals surface area contributed by atoms with Crippen LogP contribution in [0.1, 0.15) is 17.5 Å². The molecule has 1 heterocycles. The molecule has 9 heteroatoms. The second-order valence-corrected chi connectivity index (χ2v) is 9.74. The van der Waals surface area contributed by atoms with Crippen LogP contribution in [0.4, 0.5) is 11.4 Å². The Bertz CT molecular complexity index is 1300. The van der Waals surface area contributed by atoms with Crippen molar-refractivity contribution in [3.63, 3.8) is 0 Å². The van der Waals surface area contributed by atoms with Crippen molar-refractivity contribution in [3.8, 4) is 11.5 Å². The Balaban J connectivity index is 1.60. The fraction of sp³-hybridized carbons (Fsp3) is 0.222. The van der Waals surface area contributed by atoms with E-state index in [1.807, 2.05) is 55.5 Å². The first-order valence-electron chi connectivity index (χ1n) is 11.3. The first-order valence-corrected chi connectivity index (χ1v) is 12.5. The third kappa shape index (κ3) is 6.01. The number of nitrogens with zero attached hydrogens (tertiary/aromatic N) is 2. The average molecular weight is 524 g/mol. The van der Waals surface area contributed by atoms with Crippen LogP contribution >= 0.6 is 23.4 Å². The van der Waals surface area contributed by atoms with Gasteiger partial charge in [-0.15, -0.1) is 0 Å². The van der Waals surface area contributed by atoms with E-state index in [2.05, 4.69) is 5.32 Å². The molecule has 7 nitrogen and oxygen atoms in total. The van der Waals surface area contributed by atoms with Gasteiger partial charge in [0.05, 0.1) is 26.5 Å². The molecule has 1 unspecified atom stereocenters. The van der Waals surface area contributed by atoms with Gasteiger partial charge in [0.25, 0.3) is 0 Å². The van der Waals surface area contributed by atoms with E-state index in [1.165, 1.54) is 11.8 Å². The maximum absolute atomic E-state index is 13.3. The van der Waals surface area contributed by atoms with Crippen LogP contribution in [0.3, 0.4) is 0 Å². The molecule has 1 fully saturated rings. The van der Waals surface area contributed by atoms with Gasteiger partial charge >= 0.3 is 0 Å². The predicted molar refractivity (Wildman–Crippen MR) is 144 cm³/mol. The second kappa shape index (κ2) is 11.5. The van der Waals surface area contributed by atoms with Crippen molar-refractivity contribution in [2.24, 2.45) is 4.99 Å². The maximum atomic E-state index is 13.3. The van der Waals surface area contributed by atoms with Gasteiger partial charge in [0.1, 0.15) is 5.25 Å². The summed E-state index contributed by atoms with van der Waals surface area (Å²) in [5, 5.41) is 3.25. The largest absolute Gasteiger partial charge is 0.493 e. The number of amides is 2. The van der Waals surface area contributed by atoms with Gasteiger partial charge in [-0.2, -0.15) is 0 Å². The summed E-state index contributed by atoms with van der Waals surface area (Å²) < 4.78 is 10.7. The number of hydrogen-bond donors (Lipinski definition) is 1. The third-order valence-corrected chi connectivity index (χ3v) is 7.24. The molecule has 36 heavy (non-hydrogen) atoms. The van der Waals surface area contributed by atoms with Crippen molar-refractivity contribution in [3.05, 3.63) is 82.9 Å². The fourth-order valence-electron chi connectivity index (χ4n) is 3.66. The van der Waals surface area contributed by atoms with Crippen LogP contribution in [-0.4, -0.2) is 41.4 Å². The van der Waals surface area contributed by atoms with Crippen LogP contribution in [-0.2, 0) is 16.1 Å². The van der Waals surface area contributed by atoms with Gasteiger partial charge in [-0.25, -0.2) is 4.99 Å². The van der Waals surface area contributed by atoms with Crippen LogP contribution in [0.2, 0.25) is 5.02 Å². The smallest absolute Gasteiger partial charge is 0.238 e. The summed E-state index contributed by atoms with van der Waals surface area (Å²) >= 11 is 7.47. The molecule has 1 atom stereocenters. The minimum absolute atomic E-state index is 0.0389. The van der Waals surface area contributed by atoms with Crippen molar-refractivity contribution < 1.29 is 19.1 Å². The molecule has 0 aromatic heterocycles. The van der Waals surface area contributed by atoms with Crippen LogP contribution in [0.15, 0.2) is 71.7 Å². The number of para-hydroxylation sites is 1. The summed E-state index contributed by atoms with van der Waals surface area (Å²) in [6.45, 7) is 2.17. The van der Waals surface area contributed by atoms with E-state index in [0.717, 1.165) is 11.1 Å². The Kier molecular flexibility index (Phi) is 8.18. The zero-order chi connectivity index (χ0) is 25.7. The number of benzene rings is 3. The highest BCUT2D eigenvalue weighted by Crippen LogP contribution is 2.33. The summed E-state index contributed by atoms with van der Waals surface area (Å²) in [4.78, 5) is 32.7. The minimum Gasteiger partial charge on any atom is -0.493 e. The van der Waals surface area contributed by atoms with E-state index >= 15 is 0 Å². The molecule has 0 bridgehead atoms.